The molecule has 0 bridgehead atoms. The molecule has 2 aromatic rings. The molecule has 0 saturated carbocycles. The molecule has 0 amide bonds. The molecule has 3 heterocycles. The molecule has 20 heavy (non-hydrogen) atoms. The Morgan fingerprint density at radius 3 is 3.00 bits per heavy atom. The van der Waals surface area contributed by atoms with Gasteiger partial charge in [-0.1, -0.05) is 6.07 Å². The van der Waals surface area contributed by atoms with Crippen LogP contribution in [0.25, 0.3) is 5.65 Å². The van der Waals surface area contributed by atoms with E-state index >= 15 is 0 Å². The number of carbonyl (C=O) groups excluding carboxylic acids is 1. The van der Waals surface area contributed by atoms with Crippen LogP contribution in [0.4, 0.5) is 0 Å². The van der Waals surface area contributed by atoms with Gasteiger partial charge in [0, 0.05) is 12.5 Å². The summed E-state index contributed by atoms with van der Waals surface area (Å²) in [5.41, 5.74) is 1.18. The third-order valence-electron chi connectivity index (χ3n) is 3.84. The van der Waals surface area contributed by atoms with E-state index in [1.165, 1.54) is 7.11 Å². The van der Waals surface area contributed by atoms with Crippen LogP contribution in [0.5, 0.6) is 0 Å². The number of rotatable bonds is 2. The van der Waals surface area contributed by atoms with Gasteiger partial charge in [0.25, 0.3) is 0 Å². The van der Waals surface area contributed by atoms with Crippen LogP contribution in [0.15, 0.2) is 18.2 Å². The zero-order valence-electron chi connectivity index (χ0n) is 11.7. The zero-order valence-corrected chi connectivity index (χ0v) is 11.7. The van der Waals surface area contributed by atoms with Gasteiger partial charge in [-0.2, -0.15) is 0 Å². The standard InChI is InChI=1S/C14H18N4O2/c1-17-8-4-5-10(9-17)13-16-15-12-7-3-6-11(18(12)13)14(19)20-2/h3,6-7,10H,4-5,8-9H2,1-2H3. The molecule has 1 fully saturated rings. The van der Waals surface area contributed by atoms with E-state index in [-0.39, 0.29) is 5.97 Å². The lowest BCUT2D eigenvalue weighted by molar-refractivity contribution is 0.0591. The van der Waals surface area contributed by atoms with Gasteiger partial charge in [-0.3, -0.25) is 4.40 Å². The smallest absolute Gasteiger partial charge is 0.355 e. The van der Waals surface area contributed by atoms with Crippen LogP contribution in [-0.2, 0) is 4.74 Å². The summed E-state index contributed by atoms with van der Waals surface area (Å²) in [7, 11) is 3.50. The normalized spacial score (nSPS) is 20.2. The maximum Gasteiger partial charge on any atom is 0.355 e. The molecule has 2 aromatic heterocycles. The first-order valence-corrected chi connectivity index (χ1v) is 6.81. The zero-order chi connectivity index (χ0) is 14.1. The number of esters is 1. The molecule has 0 aliphatic carbocycles. The number of likely N-dealkylation sites (N-methyl/N-ethyl adjacent to an activating group) is 1. The van der Waals surface area contributed by atoms with Crippen molar-refractivity contribution in [3.63, 3.8) is 0 Å². The number of likely N-dealkylation sites (tertiary alicyclic amines) is 1. The minimum atomic E-state index is -0.360. The highest BCUT2D eigenvalue weighted by molar-refractivity contribution is 5.88. The van der Waals surface area contributed by atoms with Crippen molar-refractivity contribution in [1.82, 2.24) is 19.5 Å². The SMILES string of the molecule is COC(=O)c1cccc2nnc(C3CCCN(C)C3)n12. The predicted octanol–water partition coefficient (Wildman–Crippen LogP) is 1.33. The van der Waals surface area contributed by atoms with E-state index in [2.05, 4.69) is 22.1 Å². The maximum atomic E-state index is 11.9. The van der Waals surface area contributed by atoms with Gasteiger partial charge in [-0.15, -0.1) is 10.2 Å². The molecule has 6 nitrogen and oxygen atoms in total. The monoisotopic (exact) mass is 274 g/mol. The van der Waals surface area contributed by atoms with Crippen molar-refractivity contribution < 1.29 is 9.53 Å². The number of ether oxygens (including phenoxy) is 1. The topological polar surface area (TPSA) is 59.7 Å². The Hall–Kier alpha value is -1.95. The summed E-state index contributed by atoms with van der Waals surface area (Å²) in [6, 6.07) is 5.40. The molecule has 0 radical (unpaired) electrons. The Labute approximate surface area is 117 Å². The molecule has 1 saturated heterocycles. The van der Waals surface area contributed by atoms with Crippen molar-refractivity contribution in [1.29, 1.82) is 0 Å². The number of hydrogen-bond acceptors (Lipinski definition) is 5. The van der Waals surface area contributed by atoms with E-state index in [9.17, 15) is 4.79 Å². The summed E-state index contributed by atoms with van der Waals surface area (Å²) < 4.78 is 6.68. The van der Waals surface area contributed by atoms with Crippen LogP contribution < -0.4 is 0 Å². The third kappa shape index (κ3) is 2.16. The largest absolute Gasteiger partial charge is 0.464 e. The molecule has 1 atom stereocenters. The quantitative estimate of drug-likeness (QED) is 0.773. The Kier molecular flexibility index (Phi) is 3.40. The number of carbonyl (C=O) groups is 1. The van der Waals surface area contributed by atoms with Gasteiger partial charge in [0.15, 0.2) is 5.65 Å². The van der Waals surface area contributed by atoms with Crippen molar-refractivity contribution in [2.24, 2.45) is 0 Å². The fourth-order valence-corrected chi connectivity index (χ4v) is 2.87. The van der Waals surface area contributed by atoms with Crippen molar-refractivity contribution in [2.75, 3.05) is 27.2 Å². The molecular weight excluding hydrogens is 256 g/mol. The molecule has 6 heteroatoms. The second-order valence-electron chi connectivity index (χ2n) is 5.26. The van der Waals surface area contributed by atoms with Crippen LogP contribution in [0.3, 0.4) is 0 Å². The number of nitrogens with zero attached hydrogens (tertiary/aromatic N) is 4. The van der Waals surface area contributed by atoms with E-state index in [1.54, 1.807) is 12.1 Å². The Morgan fingerprint density at radius 2 is 2.25 bits per heavy atom. The van der Waals surface area contributed by atoms with Gasteiger partial charge in [0.1, 0.15) is 11.5 Å². The van der Waals surface area contributed by atoms with Gasteiger partial charge >= 0.3 is 5.97 Å². The van der Waals surface area contributed by atoms with Crippen LogP contribution >= 0.6 is 0 Å². The Bertz CT molecular complexity index is 637. The minimum absolute atomic E-state index is 0.301. The van der Waals surface area contributed by atoms with Crippen LogP contribution in [0.1, 0.15) is 35.1 Å². The first kappa shape index (κ1) is 13.1. The summed E-state index contributed by atoms with van der Waals surface area (Å²) in [6.07, 6.45) is 2.21. The van der Waals surface area contributed by atoms with E-state index < -0.39 is 0 Å². The summed E-state index contributed by atoms with van der Waals surface area (Å²) >= 11 is 0. The predicted molar refractivity (Wildman–Crippen MR) is 73.8 cm³/mol. The number of piperidine rings is 1. The van der Waals surface area contributed by atoms with Crippen LogP contribution in [0.2, 0.25) is 0 Å². The van der Waals surface area contributed by atoms with E-state index in [4.69, 9.17) is 4.74 Å². The summed E-state index contributed by atoms with van der Waals surface area (Å²) in [5.74, 6) is 0.794. The van der Waals surface area contributed by atoms with Crippen LogP contribution in [-0.4, -0.2) is 52.7 Å². The molecular formula is C14H18N4O2. The number of fused-ring (bicyclic) bond motifs is 1. The average molecular weight is 274 g/mol. The van der Waals surface area contributed by atoms with Gasteiger partial charge in [0.05, 0.1) is 7.11 Å². The number of hydrogen-bond donors (Lipinski definition) is 0. The van der Waals surface area contributed by atoms with E-state index in [1.807, 2.05) is 10.5 Å². The highest BCUT2D eigenvalue weighted by atomic mass is 16.5. The van der Waals surface area contributed by atoms with Crippen molar-refractivity contribution >= 4 is 11.6 Å². The Morgan fingerprint density at radius 1 is 1.40 bits per heavy atom. The fraction of sp³-hybridized carbons (Fsp3) is 0.500. The summed E-state index contributed by atoms with van der Waals surface area (Å²) in [5, 5.41) is 8.49. The lowest BCUT2D eigenvalue weighted by atomic mass is 9.97. The second kappa shape index (κ2) is 5.20. The highest BCUT2D eigenvalue weighted by Crippen LogP contribution is 2.26. The molecule has 1 aliphatic rings. The van der Waals surface area contributed by atoms with E-state index in [0.29, 0.717) is 17.3 Å². The van der Waals surface area contributed by atoms with Gasteiger partial charge in [-0.05, 0) is 38.6 Å². The van der Waals surface area contributed by atoms with Gasteiger partial charge < -0.3 is 9.64 Å². The van der Waals surface area contributed by atoms with Crippen molar-refractivity contribution in [3.8, 4) is 0 Å². The number of aromatic nitrogens is 3. The second-order valence-corrected chi connectivity index (χ2v) is 5.26. The third-order valence-corrected chi connectivity index (χ3v) is 3.84. The van der Waals surface area contributed by atoms with Crippen LogP contribution in [0, 0.1) is 0 Å². The van der Waals surface area contributed by atoms with Crippen molar-refractivity contribution in [3.05, 3.63) is 29.7 Å². The van der Waals surface area contributed by atoms with Gasteiger partial charge in [-0.25, -0.2) is 4.79 Å². The molecule has 3 rings (SSSR count). The molecule has 1 aliphatic heterocycles. The number of methoxy groups -OCH3 is 1. The molecule has 0 N–H and O–H groups in total. The lowest BCUT2D eigenvalue weighted by Crippen LogP contribution is -2.32. The molecule has 0 spiro atoms. The summed E-state index contributed by atoms with van der Waals surface area (Å²) in [4.78, 5) is 14.2. The number of pyridine rings is 1. The first-order valence-electron chi connectivity index (χ1n) is 6.81. The maximum absolute atomic E-state index is 11.9. The highest BCUT2D eigenvalue weighted by Gasteiger charge is 2.25. The minimum Gasteiger partial charge on any atom is -0.464 e. The summed E-state index contributed by atoms with van der Waals surface area (Å²) in [6.45, 7) is 2.05. The van der Waals surface area contributed by atoms with E-state index in [0.717, 1.165) is 31.8 Å². The molecule has 0 aromatic carbocycles. The first-order chi connectivity index (χ1) is 9.70. The van der Waals surface area contributed by atoms with Gasteiger partial charge in [0.2, 0.25) is 0 Å². The molecule has 106 valence electrons. The van der Waals surface area contributed by atoms with Crippen molar-refractivity contribution in [2.45, 2.75) is 18.8 Å². The fourth-order valence-electron chi connectivity index (χ4n) is 2.87. The average Bonchev–Trinajstić information content (AvgIpc) is 2.90. The Balaban J connectivity index is 2.09. The molecule has 1 unspecified atom stereocenters. The lowest BCUT2D eigenvalue weighted by Gasteiger charge is -2.28.